The van der Waals surface area contributed by atoms with Crippen LogP contribution in [0.15, 0.2) is 30.3 Å². The second-order valence-electron chi connectivity index (χ2n) is 12.4. The van der Waals surface area contributed by atoms with Gasteiger partial charge in [-0.3, -0.25) is 0 Å². The molecule has 3 fully saturated rings. The molecular formula is C29H49O6PSi. The van der Waals surface area contributed by atoms with E-state index in [-0.39, 0.29) is 35.6 Å². The predicted molar refractivity (Wildman–Crippen MR) is 151 cm³/mol. The van der Waals surface area contributed by atoms with Crippen LogP contribution in [0.4, 0.5) is 0 Å². The average Bonchev–Trinajstić information content (AvgIpc) is 3.63. The summed E-state index contributed by atoms with van der Waals surface area (Å²) in [4.78, 5) is 0. The molecule has 37 heavy (non-hydrogen) atoms. The van der Waals surface area contributed by atoms with Crippen molar-refractivity contribution >= 4 is 16.9 Å². The van der Waals surface area contributed by atoms with Crippen LogP contribution in [-0.2, 0) is 27.5 Å². The van der Waals surface area contributed by atoms with Crippen molar-refractivity contribution in [1.29, 1.82) is 0 Å². The Morgan fingerprint density at radius 1 is 0.946 bits per heavy atom. The minimum Gasteiger partial charge on any atom is -0.411 e. The van der Waals surface area contributed by atoms with Crippen molar-refractivity contribution in [3.05, 3.63) is 35.9 Å². The lowest BCUT2D eigenvalue weighted by Gasteiger charge is -2.39. The van der Waals surface area contributed by atoms with Gasteiger partial charge in [0.25, 0.3) is 0 Å². The fourth-order valence-corrected chi connectivity index (χ4v) is 8.11. The summed E-state index contributed by atoms with van der Waals surface area (Å²) in [6.07, 6.45) is 7.60. The zero-order chi connectivity index (χ0) is 26.5. The molecule has 0 spiro atoms. The summed E-state index contributed by atoms with van der Waals surface area (Å²) in [6, 6.07) is 10.6. The van der Waals surface area contributed by atoms with Crippen LogP contribution >= 0.6 is 8.60 Å². The van der Waals surface area contributed by atoms with Gasteiger partial charge >= 0.3 is 8.60 Å². The van der Waals surface area contributed by atoms with E-state index in [1.54, 1.807) is 0 Å². The van der Waals surface area contributed by atoms with E-state index < -0.39 is 16.9 Å². The Kier molecular flexibility index (Phi) is 10.7. The Hall–Kier alpha value is -0.373. The summed E-state index contributed by atoms with van der Waals surface area (Å²) in [5.74, 6) is 0.485. The van der Waals surface area contributed by atoms with Gasteiger partial charge in [0.15, 0.2) is 8.32 Å². The molecule has 0 amide bonds. The fraction of sp³-hybridized carbons (Fsp3) is 0.793. The highest BCUT2D eigenvalue weighted by molar-refractivity contribution is 7.41. The van der Waals surface area contributed by atoms with Gasteiger partial charge in [-0.15, -0.1) is 0 Å². The SMILES string of the molecule is CC[C@H]1OCC[C@H]1O[P@@](OC[C@H]1OCC[C@H]1O[Si](C)(C)C(C)(C)C)O[C@H](c1ccccc1)C1CCCC1. The van der Waals surface area contributed by atoms with Crippen LogP contribution in [0.5, 0.6) is 0 Å². The van der Waals surface area contributed by atoms with Crippen molar-refractivity contribution in [3.8, 4) is 0 Å². The van der Waals surface area contributed by atoms with Gasteiger partial charge in [0.2, 0.25) is 0 Å². The van der Waals surface area contributed by atoms with Gasteiger partial charge in [0.1, 0.15) is 6.10 Å². The summed E-state index contributed by atoms with van der Waals surface area (Å²) < 4.78 is 38.7. The molecule has 1 aliphatic carbocycles. The molecule has 0 aromatic heterocycles. The molecule has 0 unspecified atom stereocenters. The molecular weight excluding hydrogens is 503 g/mol. The van der Waals surface area contributed by atoms with E-state index in [9.17, 15) is 0 Å². The summed E-state index contributed by atoms with van der Waals surface area (Å²) in [6.45, 7) is 15.4. The zero-order valence-electron chi connectivity index (χ0n) is 23.8. The topological polar surface area (TPSA) is 55.4 Å². The van der Waals surface area contributed by atoms with Crippen LogP contribution < -0.4 is 0 Å². The van der Waals surface area contributed by atoms with E-state index in [2.05, 4.69) is 71.1 Å². The van der Waals surface area contributed by atoms with Crippen LogP contribution in [0.3, 0.4) is 0 Å². The van der Waals surface area contributed by atoms with E-state index in [1.165, 1.54) is 31.2 Å². The quantitative estimate of drug-likeness (QED) is 0.194. The van der Waals surface area contributed by atoms with Crippen molar-refractivity contribution in [1.82, 2.24) is 0 Å². The van der Waals surface area contributed by atoms with Gasteiger partial charge in [-0.2, -0.15) is 0 Å². The largest absolute Gasteiger partial charge is 0.411 e. The normalized spacial score (nSPS) is 29.1. The third-order valence-electron chi connectivity index (χ3n) is 8.67. The van der Waals surface area contributed by atoms with Gasteiger partial charge in [-0.1, -0.05) is 70.9 Å². The maximum Gasteiger partial charge on any atom is 0.333 e. The molecule has 1 aromatic rings. The molecule has 4 rings (SSSR count). The summed E-state index contributed by atoms with van der Waals surface area (Å²) in [5.41, 5.74) is 1.21. The Morgan fingerprint density at radius 3 is 2.24 bits per heavy atom. The molecule has 2 aliphatic heterocycles. The lowest BCUT2D eigenvalue weighted by atomic mass is 9.95. The maximum atomic E-state index is 6.80. The van der Waals surface area contributed by atoms with Crippen LogP contribution in [0.2, 0.25) is 18.1 Å². The Balaban J connectivity index is 1.46. The van der Waals surface area contributed by atoms with Crippen LogP contribution in [-0.4, -0.2) is 52.6 Å². The molecule has 2 saturated heterocycles. The number of hydrogen-bond acceptors (Lipinski definition) is 6. The molecule has 0 radical (unpaired) electrons. The third kappa shape index (κ3) is 7.85. The lowest BCUT2D eigenvalue weighted by Crippen LogP contribution is -2.46. The first-order valence-electron chi connectivity index (χ1n) is 14.4. The van der Waals surface area contributed by atoms with E-state index in [4.69, 9.17) is 27.5 Å². The highest BCUT2D eigenvalue weighted by Gasteiger charge is 2.43. The minimum atomic E-state index is -1.91. The van der Waals surface area contributed by atoms with Crippen molar-refractivity contribution in [2.45, 2.75) is 121 Å². The van der Waals surface area contributed by atoms with E-state index >= 15 is 0 Å². The minimum absolute atomic E-state index is 0.000104. The van der Waals surface area contributed by atoms with Crippen molar-refractivity contribution in [2.24, 2.45) is 5.92 Å². The molecule has 210 valence electrons. The van der Waals surface area contributed by atoms with Gasteiger partial charge in [-0.25, -0.2) is 0 Å². The highest BCUT2D eigenvalue weighted by atomic mass is 31.2. The second-order valence-corrected chi connectivity index (χ2v) is 18.2. The highest BCUT2D eigenvalue weighted by Crippen LogP contribution is 2.52. The Morgan fingerprint density at radius 2 is 1.59 bits per heavy atom. The van der Waals surface area contributed by atoms with Crippen molar-refractivity contribution in [3.63, 3.8) is 0 Å². The number of benzene rings is 1. The first-order valence-corrected chi connectivity index (χ1v) is 18.4. The van der Waals surface area contributed by atoms with E-state index in [0.717, 1.165) is 25.9 Å². The van der Waals surface area contributed by atoms with Gasteiger partial charge in [0, 0.05) is 19.6 Å². The molecule has 6 atom stereocenters. The Labute approximate surface area is 227 Å². The first kappa shape index (κ1) is 29.6. The van der Waals surface area contributed by atoms with Gasteiger partial charge in [0.05, 0.1) is 31.0 Å². The van der Waals surface area contributed by atoms with Crippen molar-refractivity contribution < 1.29 is 27.5 Å². The van der Waals surface area contributed by atoms with E-state index in [1.807, 2.05) is 0 Å². The number of rotatable bonds is 12. The van der Waals surface area contributed by atoms with Crippen LogP contribution in [0, 0.1) is 5.92 Å². The van der Waals surface area contributed by atoms with E-state index in [0.29, 0.717) is 19.1 Å². The molecule has 6 nitrogen and oxygen atoms in total. The molecule has 2 heterocycles. The average molecular weight is 553 g/mol. The number of ether oxygens (including phenoxy) is 2. The molecule has 0 N–H and O–H groups in total. The Bertz CT molecular complexity index is 812. The molecule has 0 bridgehead atoms. The van der Waals surface area contributed by atoms with Gasteiger partial charge < -0.3 is 27.5 Å². The van der Waals surface area contributed by atoms with Crippen LogP contribution in [0.1, 0.15) is 84.3 Å². The number of hydrogen-bond donors (Lipinski definition) is 0. The zero-order valence-corrected chi connectivity index (χ0v) is 25.7. The monoisotopic (exact) mass is 552 g/mol. The van der Waals surface area contributed by atoms with Gasteiger partial charge in [-0.05, 0) is 55.3 Å². The third-order valence-corrected chi connectivity index (χ3v) is 14.4. The second kappa shape index (κ2) is 13.3. The summed E-state index contributed by atoms with van der Waals surface area (Å²) in [7, 11) is -3.49. The van der Waals surface area contributed by atoms with Crippen molar-refractivity contribution in [2.75, 3.05) is 19.8 Å². The smallest absolute Gasteiger partial charge is 0.333 e. The molecule has 3 aliphatic rings. The molecule has 8 heteroatoms. The fourth-order valence-electron chi connectivity index (χ4n) is 5.35. The van der Waals surface area contributed by atoms with Crippen LogP contribution in [0.25, 0.3) is 0 Å². The summed E-state index contributed by atoms with van der Waals surface area (Å²) >= 11 is 0. The first-order chi connectivity index (χ1) is 17.7. The summed E-state index contributed by atoms with van der Waals surface area (Å²) in [5, 5.41) is 0.154. The lowest BCUT2D eigenvalue weighted by molar-refractivity contribution is -0.0107. The standard InChI is InChI=1S/C29H49O6PSi/c1-7-24-25(17-19-30-24)33-36(34-28(23-15-11-12-16-23)22-13-9-8-10-14-22)32-21-27-26(18-20-31-27)35-37(5,6)29(2,3)4/h8-10,13-14,23-28H,7,11-12,15-21H2,1-6H3/t24-,25-,26-,27-,28-,36-/m1/s1. The molecule has 1 saturated carbocycles. The maximum absolute atomic E-state index is 6.80. The predicted octanol–water partition coefficient (Wildman–Crippen LogP) is 7.94. The molecule has 1 aromatic carbocycles.